The molecule has 0 aliphatic carbocycles. The Morgan fingerprint density at radius 1 is 1.04 bits per heavy atom. The average Bonchev–Trinajstić information content (AvgIpc) is 2.66. The van der Waals surface area contributed by atoms with E-state index in [1.165, 1.54) is 24.3 Å². The Bertz CT molecular complexity index is 806. The summed E-state index contributed by atoms with van der Waals surface area (Å²) in [6.07, 6.45) is 0. The van der Waals surface area contributed by atoms with Gasteiger partial charge in [-0.05, 0) is 37.3 Å². The van der Waals surface area contributed by atoms with E-state index in [0.717, 1.165) is 0 Å². The van der Waals surface area contributed by atoms with E-state index in [4.69, 9.17) is 14.2 Å². The summed E-state index contributed by atoms with van der Waals surface area (Å²) >= 11 is 0. The molecule has 142 valence electrons. The minimum atomic E-state index is -0.824. The van der Waals surface area contributed by atoms with Crippen LogP contribution < -0.4 is 14.8 Å². The number of nitrogens with one attached hydrogen (secondary N) is 1. The molecule has 9 nitrogen and oxygen atoms in total. The molecule has 0 radical (unpaired) electrons. The number of nitro groups is 1. The second-order valence-corrected chi connectivity index (χ2v) is 5.18. The normalized spacial score (nSPS) is 9.96. The summed E-state index contributed by atoms with van der Waals surface area (Å²) in [6, 6.07) is 12.4. The van der Waals surface area contributed by atoms with Gasteiger partial charge in [0.05, 0.1) is 11.5 Å². The van der Waals surface area contributed by atoms with Crippen LogP contribution >= 0.6 is 0 Å². The fourth-order valence-electron chi connectivity index (χ4n) is 2.05. The van der Waals surface area contributed by atoms with E-state index in [0.29, 0.717) is 18.0 Å². The molecule has 0 bridgehead atoms. The summed E-state index contributed by atoms with van der Waals surface area (Å²) in [4.78, 5) is 33.7. The van der Waals surface area contributed by atoms with Crippen LogP contribution in [0.15, 0.2) is 48.5 Å². The Labute approximate surface area is 155 Å². The zero-order valence-corrected chi connectivity index (χ0v) is 14.5. The highest BCUT2D eigenvalue weighted by molar-refractivity contribution is 5.92. The molecule has 0 heterocycles. The maximum absolute atomic E-state index is 11.8. The van der Waals surface area contributed by atoms with Gasteiger partial charge in [-0.25, -0.2) is 4.79 Å². The lowest BCUT2D eigenvalue weighted by molar-refractivity contribution is -0.385. The van der Waals surface area contributed by atoms with Crippen molar-refractivity contribution >= 4 is 23.3 Å². The van der Waals surface area contributed by atoms with Crippen molar-refractivity contribution in [3.63, 3.8) is 0 Å². The van der Waals surface area contributed by atoms with Crippen LogP contribution in [0.25, 0.3) is 0 Å². The van der Waals surface area contributed by atoms with Crippen molar-refractivity contribution in [3.05, 3.63) is 58.6 Å². The number of amides is 1. The summed E-state index contributed by atoms with van der Waals surface area (Å²) in [7, 11) is 0. The molecule has 0 saturated carbocycles. The van der Waals surface area contributed by atoms with Gasteiger partial charge in [0.2, 0.25) is 0 Å². The number of carbonyl (C=O) groups is 2. The molecule has 0 aliphatic heterocycles. The van der Waals surface area contributed by atoms with Crippen molar-refractivity contribution in [1.82, 2.24) is 0 Å². The molecule has 2 aromatic rings. The number of benzene rings is 2. The monoisotopic (exact) mass is 374 g/mol. The van der Waals surface area contributed by atoms with Gasteiger partial charge in [-0.3, -0.25) is 14.9 Å². The summed E-state index contributed by atoms with van der Waals surface area (Å²) in [5, 5.41) is 13.4. The van der Waals surface area contributed by atoms with Crippen LogP contribution in [0.3, 0.4) is 0 Å². The fourth-order valence-corrected chi connectivity index (χ4v) is 2.05. The first-order valence-electron chi connectivity index (χ1n) is 8.04. The first-order chi connectivity index (χ1) is 13.0. The number of anilines is 1. The highest BCUT2D eigenvalue weighted by Gasteiger charge is 2.16. The third-order valence-electron chi connectivity index (χ3n) is 3.22. The van der Waals surface area contributed by atoms with Crippen LogP contribution in [0.2, 0.25) is 0 Å². The zero-order valence-electron chi connectivity index (χ0n) is 14.5. The molecule has 27 heavy (non-hydrogen) atoms. The van der Waals surface area contributed by atoms with Crippen LogP contribution in [0.1, 0.15) is 6.92 Å². The van der Waals surface area contributed by atoms with Crippen molar-refractivity contribution < 1.29 is 28.7 Å². The molecule has 0 fully saturated rings. The molecule has 1 N–H and O–H groups in total. The Kier molecular flexibility index (Phi) is 7.12. The van der Waals surface area contributed by atoms with Crippen molar-refractivity contribution in [1.29, 1.82) is 0 Å². The van der Waals surface area contributed by atoms with Gasteiger partial charge < -0.3 is 19.5 Å². The van der Waals surface area contributed by atoms with E-state index in [1.54, 1.807) is 24.3 Å². The molecule has 0 aromatic heterocycles. The number of nitro benzene ring substituents is 1. The smallest absolute Gasteiger partial charge is 0.344 e. The Morgan fingerprint density at radius 3 is 2.41 bits per heavy atom. The van der Waals surface area contributed by atoms with Gasteiger partial charge in [0.15, 0.2) is 19.0 Å². The molecule has 0 saturated heterocycles. The Hall–Kier alpha value is -3.62. The van der Waals surface area contributed by atoms with E-state index < -0.39 is 30.0 Å². The van der Waals surface area contributed by atoms with Crippen molar-refractivity contribution in [2.45, 2.75) is 6.92 Å². The van der Waals surface area contributed by atoms with Crippen LogP contribution in [0, 0.1) is 10.1 Å². The molecule has 0 spiro atoms. The van der Waals surface area contributed by atoms with Gasteiger partial charge in [-0.1, -0.05) is 12.1 Å². The Balaban J connectivity index is 1.76. The highest BCUT2D eigenvalue weighted by Crippen LogP contribution is 2.25. The number of nitrogens with zero attached hydrogens (tertiary/aromatic N) is 1. The number of esters is 1. The number of para-hydroxylation sites is 2. The molecule has 1 amide bonds. The summed E-state index contributed by atoms with van der Waals surface area (Å²) < 4.78 is 15.2. The summed E-state index contributed by atoms with van der Waals surface area (Å²) in [5.41, 5.74) is 0.259. The van der Waals surface area contributed by atoms with Gasteiger partial charge in [-0.2, -0.15) is 0 Å². The first kappa shape index (κ1) is 19.7. The third kappa shape index (κ3) is 6.31. The van der Waals surface area contributed by atoms with Crippen molar-refractivity contribution in [3.8, 4) is 11.5 Å². The molecule has 0 unspecified atom stereocenters. The van der Waals surface area contributed by atoms with Gasteiger partial charge in [-0.15, -0.1) is 0 Å². The summed E-state index contributed by atoms with van der Waals surface area (Å²) in [6.45, 7) is 1.34. The first-order valence-corrected chi connectivity index (χ1v) is 8.04. The topological polar surface area (TPSA) is 117 Å². The SMILES string of the molecule is CCOc1ccc(NC(=O)COC(=O)COc2ccccc2[N+](=O)[O-])cc1. The lowest BCUT2D eigenvalue weighted by atomic mass is 10.3. The molecule has 9 heteroatoms. The highest BCUT2D eigenvalue weighted by atomic mass is 16.6. The van der Waals surface area contributed by atoms with Crippen molar-refractivity contribution in [2.24, 2.45) is 0 Å². The molecule has 2 aromatic carbocycles. The van der Waals surface area contributed by atoms with Crippen LogP contribution in [0.4, 0.5) is 11.4 Å². The van der Waals surface area contributed by atoms with Crippen LogP contribution in [-0.2, 0) is 14.3 Å². The fraction of sp³-hybridized carbons (Fsp3) is 0.222. The van der Waals surface area contributed by atoms with E-state index in [9.17, 15) is 19.7 Å². The number of rotatable bonds is 9. The minimum Gasteiger partial charge on any atom is -0.494 e. The second kappa shape index (κ2) is 9.76. The van der Waals surface area contributed by atoms with Gasteiger partial charge >= 0.3 is 11.7 Å². The number of hydrogen-bond donors (Lipinski definition) is 1. The van der Waals surface area contributed by atoms with Gasteiger partial charge in [0.1, 0.15) is 5.75 Å². The van der Waals surface area contributed by atoms with E-state index in [1.807, 2.05) is 6.92 Å². The van der Waals surface area contributed by atoms with E-state index >= 15 is 0 Å². The third-order valence-corrected chi connectivity index (χ3v) is 3.22. The molecular weight excluding hydrogens is 356 g/mol. The van der Waals surface area contributed by atoms with Crippen LogP contribution in [-0.4, -0.2) is 36.6 Å². The predicted molar refractivity (Wildman–Crippen MR) is 95.8 cm³/mol. The second-order valence-electron chi connectivity index (χ2n) is 5.18. The standard InChI is InChI=1S/C18H18N2O7/c1-2-25-14-9-7-13(8-10-14)19-17(21)11-27-18(22)12-26-16-6-4-3-5-15(16)20(23)24/h3-10H,2,11-12H2,1H3,(H,19,21). The minimum absolute atomic E-state index is 0.0571. The molecule has 0 atom stereocenters. The molecule has 2 rings (SSSR count). The number of hydrogen-bond acceptors (Lipinski definition) is 7. The number of carbonyl (C=O) groups excluding carboxylic acids is 2. The predicted octanol–water partition coefficient (Wildman–Crippen LogP) is 2.55. The van der Waals surface area contributed by atoms with Crippen LogP contribution in [0.5, 0.6) is 11.5 Å². The lowest BCUT2D eigenvalue weighted by Gasteiger charge is -2.09. The average molecular weight is 374 g/mol. The maximum atomic E-state index is 11.8. The summed E-state index contributed by atoms with van der Waals surface area (Å²) in [5.74, 6) is -0.736. The maximum Gasteiger partial charge on any atom is 0.344 e. The largest absolute Gasteiger partial charge is 0.494 e. The Morgan fingerprint density at radius 2 is 1.74 bits per heavy atom. The van der Waals surface area contributed by atoms with Gasteiger partial charge in [0.25, 0.3) is 5.91 Å². The zero-order chi connectivity index (χ0) is 19.6. The van der Waals surface area contributed by atoms with E-state index in [-0.39, 0.29) is 11.4 Å². The number of ether oxygens (including phenoxy) is 3. The van der Waals surface area contributed by atoms with Crippen molar-refractivity contribution in [2.75, 3.05) is 25.1 Å². The van der Waals surface area contributed by atoms with E-state index in [2.05, 4.69) is 5.32 Å². The lowest BCUT2D eigenvalue weighted by Crippen LogP contribution is -2.23. The molecule has 0 aliphatic rings. The quantitative estimate of drug-likeness (QED) is 0.407. The molecular formula is C18H18N2O7. The van der Waals surface area contributed by atoms with Gasteiger partial charge in [0, 0.05) is 11.8 Å².